The average Bonchev–Trinajstić information content (AvgIpc) is 3.45. The Hall–Kier alpha value is -3.23. The molecule has 1 N–H and O–H groups in total. The summed E-state index contributed by atoms with van der Waals surface area (Å²) in [6.07, 6.45) is 1.28. The van der Waals surface area contributed by atoms with Crippen LogP contribution in [0.3, 0.4) is 0 Å². The highest BCUT2D eigenvalue weighted by atomic mass is 79.9. The lowest BCUT2D eigenvalue weighted by Crippen LogP contribution is -2.33. The van der Waals surface area contributed by atoms with Crippen molar-refractivity contribution in [2.75, 3.05) is 19.0 Å². The lowest BCUT2D eigenvalue weighted by molar-refractivity contribution is 0.00150. The normalized spacial score (nSPS) is 15.7. The molecule has 1 aliphatic heterocycles. The van der Waals surface area contributed by atoms with E-state index in [4.69, 9.17) is 13.9 Å². The summed E-state index contributed by atoms with van der Waals surface area (Å²) in [5, 5.41) is 4.29. The predicted octanol–water partition coefficient (Wildman–Crippen LogP) is 5.85. The molecule has 0 fully saturated rings. The Balaban J connectivity index is 1.65. The van der Waals surface area contributed by atoms with Crippen molar-refractivity contribution in [1.29, 1.82) is 0 Å². The summed E-state index contributed by atoms with van der Waals surface area (Å²) in [5.41, 5.74) is 4.29. The number of halogens is 1. The fraction of sp³-hybridized carbons (Fsp3) is 0.269. The summed E-state index contributed by atoms with van der Waals surface area (Å²) in [5.74, 6) is 1.11. The molecule has 0 saturated heterocycles. The molecule has 0 saturated carbocycles. The van der Waals surface area contributed by atoms with Crippen LogP contribution in [0.15, 0.2) is 63.7 Å². The number of benzene rings is 2. The maximum atomic E-state index is 13.3. The largest absolute Gasteiger partial charge is 0.466 e. The molecule has 3 heterocycles. The lowest BCUT2D eigenvalue weighted by Gasteiger charge is -2.34. The highest BCUT2D eigenvalue weighted by molar-refractivity contribution is 9.10. The van der Waals surface area contributed by atoms with Crippen LogP contribution < -0.4 is 10.1 Å². The van der Waals surface area contributed by atoms with Gasteiger partial charge in [-0.2, -0.15) is 0 Å². The van der Waals surface area contributed by atoms with Crippen molar-refractivity contribution in [3.05, 3.63) is 81.8 Å². The Morgan fingerprint density at radius 2 is 2.00 bits per heavy atom. The van der Waals surface area contributed by atoms with Gasteiger partial charge in [-0.25, -0.2) is 4.79 Å². The highest BCUT2D eigenvalue weighted by Gasteiger charge is 2.34. The van der Waals surface area contributed by atoms with Crippen LogP contribution in [-0.4, -0.2) is 29.1 Å². The first-order valence-electron chi connectivity index (χ1n) is 11.2. The molecule has 2 aromatic heterocycles. The lowest BCUT2D eigenvalue weighted by atomic mass is 10.0. The van der Waals surface area contributed by atoms with Gasteiger partial charge in [0.15, 0.2) is 5.76 Å². The number of carbonyl (C=O) groups is 1. The third-order valence-corrected chi connectivity index (χ3v) is 6.74. The van der Waals surface area contributed by atoms with Crippen molar-refractivity contribution in [1.82, 2.24) is 9.47 Å². The van der Waals surface area contributed by atoms with Gasteiger partial charge in [-0.15, -0.1) is 0 Å². The van der Waals surface area contributed by atoms with E-state index in [0.29, 0.717) is 31.0 Å². The van der Waals surface area contributed by atoms with Gasteiger partial charge in [0.1, 0.15) is 5.75 Å². The van der Waals surface area contributed by atoms with Gasteiger partial charge < -0.3 is 23.8 Å². The van der Waals surface area contributed by atoms with Gasteiger partial charge in [0.2, 0.25) is 6.23 Å². The van der Waals surface area contributed by atoms with Crippen LogP contribution in [0.4, 0.5) is 5.69 Å². The first-order chi connectivity index (χ1) is 16.5. The zero-order valence-electron chi connectivity index (χ0n) is 19.3. The number of nitrogens with zero attached hydrogens (tertiary/aromatic N) is 2. The van der Waals surface area contributed by atoms with Crippen LogP contribution in [-0.2, 0) is 24.9 Å². The fourth-order valence-corrected chi connectivity index (χ4v) is 5.11. The molecule has 0 radical (unpaired) electrons. The number of fused-ring (bicyclic) bond motifs is 3. The topological polar surface area (TPSA) is 68.9 Å². The smallest absolute Gasteiger partial charge is 0.340 e. The Morgan fingerprint density at radius 1 is 1.21 bits per heavy atom. The summed E-state index contributed by atoms with van der Waals surface area (Å²) in [7, 11) is 3.96. The highest BCUT2D eigenvalue weighted by Crippen LogP contribution is 2.45. The number of para-hydroxylation sites is 1. The maximum Gasteiger partial charge on any atom is 0.340 e. The third kappa shape index (κ3) is 3.86. The zero-order valence-corrected chi connectivity index (χ0v) is 20.9. The molecular weight excluding hydrogens is 498 g/mol. The van der Waals surface area contributed by atoms with E-state index in [0.717, 1.165) is 38.1 Å². The van der Waals surface area contributed by atoms with Crippen LogP contribution in [0.25, 0.3) is 10.9 Å². The summed E-state index contributed by atoms with van der Waals surface area (Å²) in [4.78, 5) is 15.3. The SMILES string of the molecule is CCOC(=O)c1c(CNc2ccccc2)n(C)c2cc(Br)c3c(c12)CN(C)C(c1ccco1)O3. The van der Waals surface area contributed by atoms with E-state index < -0.39 is 0 Å². The van der Waals surface area contributed by atoms with E-state index in [1.165, 1.54) is 0 Å². The minimum atomic E-state index is -0.356. The molecular formula is C26H26BrN3O4. The number of anilines is 1. The minimum Gasteiger partial charge on any atom is -0.466 e. The van der Waals surface area contributed by atoms with Gasteiger partial charge in [0, 0.05) is 30.2 Å². The molecule has 0 spiro atoms. The van der Waals surface area contributed by atoms with Crippen LogP contribution >= 0.6 is 15.9 Å². The fourth-order valence-electron chi connectivity index (χ4n) is 4.56. The molecule has 1 aliphatic rings. The van der Waals surface area contributed by atoms with Crippen molar-refractivity contribution in [3.8, 4) is 5.75 Å². The van der Waals surface area contributed by atoms with Gasteiger partial charge in [-0.3, -0.25) is 4.90 Å². The second-order valence-corrected chi connectivity index (χ2v) is 9.14. The number of hydrogen-bond donors (Lipinski definition) is 1. The Labute approximate surface area is 206 Å². The number of carbonyl (C=O) groups excluding carboxylic acids is 1. The molecule has 5 rings (SSSR count). The van der Waals surface area contributed by atoms with Crippen molar-refractivity contribution >= 4 is 38.5 Å². The van der Waals surface area contributed by atoms with E-state index in [9.17, 15) is 4.79 Å². The Bertz CT molecular complexity index is 1330. The van der Waals surface area contributed by atoms with Crippen LogP contribution in [0, 0.1) is 0 Å². The second kappa shape index (κ2) is 9.19. The molecule has 2 aromatic carbocycles. The van der Waals surface area contributed by atoms with Crippen molar-refractivity contribution in [2.45, 2.75) is 26.2 Å². The van der Waals surface area contributed by atoms with Crippen LogP contribution in [0.1, 0.15) is 40.5 Å². The van der Waals surface area contributed by atoms with Gasteiger partial charge in [-0.1, -0.05) is 18.2 Å². The first kappa shape index (κ1) is 22.6. The number of hydrogen-bond acceptors (Lipinski definition) is 6. The summed E-state index contributed by atoms with van der Waals surface area (Å²) < 4.78 is 20.4. The molecule has 0 aliphatic carbocycles. The molecule has 8 heteroatoms. The van der Waals surface area contributed by atoms with Gasteiger partial charge >= 0.3 is 5.97 Å². The summed E-state index contributed by atoms with van der Waals surface area (Å²) in [6, 6.07) is 15.7. The first-order valence-corrected chi connectivity index (χ1v) is 12.0. The van der Waals surface area contributed by atoms with E-state index in [-0.39, 0.29) is 12.2 Å². The second-order valence-electron chi connectivity index (χ2n) is 8.28. The molecule has 0 bridgehead atoms. The van der Waals surface area contributed by atoms with E-state index in [1.807, 2.05) is 69.6 Å². The standard InChI is InChI=1S/C26H26BrN3O4/c1-4-32-26(31)23-20(14-28-16-9-6-5-7-10-16)30(3)19-13-18(27)24-17(22(19)23)15-29(2)25(34-24)21-11-8-12-33-21/h5-13,25,28H,4,14-15H2,1-3H3. The van der Waals surface area contributed by atoms with Gasteiger partial charge in [0.25, 0.3) is 0 Å². The third-order valence-electron chi connectivity index (χ3n) is 6.15. The van der Waals surface area contributed by atoms with Crippen molar-refractivity contribution < 1.29 is 18.7 Å². The van der Waals surface area contributed by atoms with Crippen molar-refractivity contribution in [2.24, 2.45) is 7.05 Å². The zero-order chi connectivity index (χ0) is 23.8. The number of furan rings is 1. The Kier molecular flexibility index (Phi) is 6.10. The molecule has 176 valence electrons. The summed E-state index contributed by atoms with van der Waals surface area (Å²) in [6.45, 7) is 3.18. The van der Waals surface area contributed by atoms with E-state index in [1.54, 1.807) is 6.26 Å². The quantitative estimate of drug-likeness (QED) is 0.320. The maximum absolute atomic E-state index is 13.3. The number of esters is 1. The summed E-state index contributed by atoms with van der Waals surface area (Å²) >= 11 is 3.71. The molecule has 1 unspecified atom stereocenters. The van der Waals surface area contributed by atoms with Gasteiger partial charge in [-0.05, 0) is 60.2 Å². The molecule has 0 amide bonds. The molecule has 7 nitrogen and oxygen atoms in total. The van der Waals surface area contributed by atoms with E-state index in [2.05, 4.69) is 30.7 Å². The minimum absolute atomic E-state index is 0.302. The average molecular weight is 524 g/mol. The molecule has 4 aromatic rings. The monoisotopic (exact) mass is 523 g/mol. The number of aromatic nitrogens is 1. The Morgan fingerprint density at radius 3 is 2.71 bits per heavy atom. The van der Waals surface area contributed by atoms with Crippen LogP contribution in [0.5, 0.6) is 5.75 Å². The van der Waals surface area contributed by atoms with E-state index >= 15 is 0 Å². The van der Waals surface area contributed by atoms with Crippen LogP contribution in [0.2, 0.25) is 0 Å². The van der Waals surface area contributed by atoms with Crippen molar-refractivity contribution in [3.63, 3.8) is 0 Å². The molecule has 1 atom stereocenters. The number of nitrogens with one attached hydrogen (secondary N) is 1. The number of rotatable bonds is 6. The molecule has 34 heavy (non-hydrogen) atoms. The van der Waals surface area contributed by atoms with Gasteiger partial charge in [0.05, 0.1) is 40.7 Å². The predicted molar refractivity (Wildman–Crippen MR) is 134 cm³/mol. The number of ether oxygens (including phenoxy) is 2. The number of aryl methyl sites for hydroxylation is 1.